The highest BCUT2D eigenvalue weighted by atomic mass is 127. The number of hydrogen-bond acceptors (Lipinski definition) is 3. The number of carbonyl (C=O) groups is 1. The van der Waals surface area contributed by atoms with Gasteiger partial charge in [-0.15, -0.1) is 0 Å². The molecule has 0 fully saturated rings. The Kier molecular flexibility index (Phi) is 3.38. The van der Waals surface area contributed by atoms with E-state index in [1.165, 1.54) is 4.68 Å². The Morgan fingerprint density at radius 2 is 1.87 bits per heavy atom. The van der Waals surface area contributed by atoms with E-state index in [2.05, 4.69) is 55.4 Å². The van der Waals surface area contributed by atoms with Crippen molar-refractivity contribution in [1.29, 1.82) is 0 Å². The normalized spacial score (nSPS) is 10.5. The van der Waals surface area contributed by atoms with Crippen LogP contribution in [0, 0.1) is 7.14 Å². The zero-order valence-corrected chi connectivity index (χ0v) is 11.8. The van der Waals surface area contributed by atoms with Crippen molar-refractivity contribution in [3.05, 3.63) is 31.9 Å². The molecule has 0 unspecified atom stereocenters. The van der Waals surface area contributed by atoms with Gasteiger partial charge in [0.1, 0.15) is 6.54 Å². The van der Waals surface area contributed by atoms with Crippen LogP contribution in [0.4, 0.5) is 0 Å². The van der Waals surface area contributed by atoms with Crippen molar-refractivity contribution < 1.29 is 4.79 Å². The summed E-state index contributed by atoms with van der Waals surface area (Å²) in [6.07, 6.45) is 6.86. The van der Waals surface area contributed by atoms with Crippen molar-refractivity contribution in [3.63, 3.8) is 0 Å². The molecular weight excluding hydrogens is 422 g/mol. The number of nitrogens with zero attached hydrogens (tertiary/aromatic N) is 4. The van der Waals surface area contributed by atoms with E-state index >= 15 is 0 Å². The summed E-state index contributed by atoms with van der Waals surface area (Å²) >= 11 is 4.26. The van der Waals surface area contributed by atoms with E-state index in [9.17, 15) is 4.79 Å². The van der Waals surface area contributed by atoms with Crippen LogP contribution >= 0.6 is 45.2 Å². The molecule has 2 heterocycles. The first-order valence-electron chi connectivity index (χ1n) is 4.06. The van der Waals surface area contributed by atoms with E-state index < -0.39 is 0 Å². The van der Waals surface area contributed by atoms with Gasteiger partial charge in [-0.3, -0.25) is 9.48 Å². The fraction of sp³-hybridized carbons (Fsp3) is 0.125. The molecule has 0 spiro atoms. The highest BCUT2D eigenvalue weighted by molar-refractivity contribution is 14.1. The van der Waals surface area contributed by atoms with Gasteiger partial charge in [-0.2, -0.15) is 10.2 Å². The smallest absolute Gasteiger partial charge is 0.268 e. The summed E-state index contributed by atoms with van der Waals surface area (Å²) in [7, 11) is 0. The molecule has 0 aliphatic heterocycles. The second kappa shape index (κ2) is 4.60. The van der Waals surface area contributed by atoms with Crippen molar-refractivity contribution in [2.45, 2.75) is 6.54 Å². The average molecular weight is 428 g/mol. The monoisotopic (exact) mass is 428 g/mol. The maximum atomic E-state index is 11.7. The summed E-state index contributed by atoms with van der Waals surface area (Å²) in [5, 5.41) is 7.97. The maximum absolute atomic E-state index is 11.7. The van der Waals surface area contributed by atoms with E-state index in [1.54, 1.807) is 23.3 Å². The molecule has 0 bridgehead atoms. The van der Waals surface area contributed by atoms with Gasteiger partial charge in [-0.1, -0.05) is 0 Å². The summed E-state index contributed by atoms with van der Waals surface area (Å²) in [5.41, 5.74) is 0. The standard InChI is InChI=1S/C8H6I2N4O/c9-6-1-11-13(3-6)5-8(15)14-4-7(10)2-12-14/h1-4H,5H2. The van der Waals surface area contributed by atoms with Gasteiger partial charge in [0.25, 0.3) is 5.91 Å². The molecule has 15 heavy (non-hydrogen) atoms. The summed E-state index contributed by atoms with van der Waals surface area (Å²) in [6.45, 7) is 0.209. The fourth-order valence-corrected chi connectivity index (χ4v) is 1.91. The van der Waals surface area contributed by atoms with E-state index in [1.807, 2.05) is 6.20 Å². The van der Waals surface area contributed by atoms with E-state index in [-0.39, 0.29) is 12.5 Å². The third kappa shape index (κ3) is 2.77. The second-order valence-corrected chi connectivity index (χ2v) is 5.34. The van der Waals surface area contributed by atoms with Gasteiger partial charge in [0.2, 0.25) is 0 Å². The maximum Gasteiger partial charge on any atom is 0.268 e. The zero-order valence-electron chi connectivity index (χ0n) is 7.47. The number of aromatic nitrogens is 4. The molecule has 0 N–H and O–H groups in total. The van der Waals surface area contributed by atoms with Crippen LogP contribution in [0.2, 0.25) is 0 Å². The third-order valence-electron chi connectivity index (χ3n) is 1.71. The van der Waals surface area contributed by atoms with E-state index in [0.717, 1.165) is 7.14 Å². The van der Waals surface area contributed by atoms with Gasteiger partial charge < -0.3 is 0 Å². The summed E-state index contributed by atoms with van der Waals surface area (Å²) in [6, 6.07) is 0. The van der Waals surface area contributed by atoms with Crippen LogP contribution in [-0.4, -0.2) is 25.5 Å². The molecule has 0 saturated heterocycles. The van der Waals surface area contributed by atoms with E-state index in [0.29, 0.717) is 0 Å². The molecule has 0 radical (unpaired) electrons. The van der Waals surface area contributed by atoms with Crippen LogP contribution in [0.5, 0.6) is 0 Å². The molecule has 0 aliphatic carbocycles. The Bertz CT molecular complexity index is 490. The minimum absolute atomic E-state index is 0.0996. The van der Waals surface area contributed by atoms with Crippen molar-refractivity contribution in [1.82, 2.24) is 19.6 Å². The lowest BCUT2D eigenvalue weighted by atomic mass is 10.6. The Morgan fingerprint density at radius 3 is 2.40 bits per heavy atom. The molecule has 0 saturated carbocycles. The molecule has 2 aromatic heterocycles. The quantitative estimate of drug-likeness (QED) is 0.684. The predicted molar refractivity (Wildman–Crippen MR) is 70.5 cm³/mol. The Balaban J connectivity index is 2.10. The molecule has 0 aliphatic rings. The summed E-state index contributed by atoms with van der Waals surface area (Å²) < 4.78 is 4.88. The molecule has 5 nitrogen and oxygen atoms in total. The van der Waals surface area contributed by atoms with Gasteiger partial charge >= 0.3 is 0 Å². The van der Waals surface area contributed by atoms with Crippen LogP contribution in [-0.2, 0) is 6.54 Å². The first kappa shape index (κ1) is 11.0. The Labute approximate surface area is 113 Å². The average Bonchev–Trinajstić information content (AvgIpc) is 2.75. The first-order valence-corrected chi connectivity index (χ1v) is 6.22. The van der Waals surface area contributed by atoms with Crippen molar-refractivity contribution in [2.24, 2.45) is 0 Å². The molecule has 78 valence electrons. The molecule has 0 aromatic carbocycles. The van der Waals surface area contributed by atoms with Crippen LogP contribution in [0.25, 0.3) is 0 Å². The molecule has 0 atom stereocenters. The Hall–Kier alpha value is -0.450. The molecule has 7 heteroatoms. The van der Waals surface area contributed by atoms with Crippen molar-refractivity contribution in [3.8, 4) is 0 Å². The highest BCUT2D eigenvalue weighted by Gasteiger charge is 2.07. The molecular formula is C8H6I2N4O. The number of halogens is 2. The van der Waals surface area contributed by atoms with Crippen LogP contribution in [0.15, 0.2) is 24.8 Å². The van der Waals surface area contributed by atoms with Gasteiger partial charge in [-0.25, -0.2) is 4.68 Å². The first-order chi connectivity index (χ1) is 7.15. The van der Waals surface area contributed by atoms with E-state index in [4.69, 9.17) is 0 Å². The molecule has 2 rings (SSSR count). The minimum Gasteiger partial charge on any atom is -0.270 e. The second-order valence-electron chi connectivity index (χ2n) is 2.85. The lowest BCUT2D eigenvalue weighted by Crippen LogP contribution is -2.18. The lowest BCUT2D eigenvalue weighted by Gasteiger charge is -1.99. The number of rotatable bonds is 2. The topological polar surface area (TPSA) is 52.7 Å². The predicted octanol–water partition coefficient (Wildman–Crippen LogP) is 1.63. The fourth-order valence-electron chi connectivity index (χ4n) is 1.07. The molecule has 0 amide bonds. The van der Waals surface area contributed by atoms with Crippen molar-refractivity contribution >= 4 is 51.1 Å². The number of hydrogen-bond donors (Lipinski definition) is 0. The van der Waals surface area contributed by atoms with Crippen LogP contribution < -0.4 is 0 Å². The third-order valence-corrected chi connectivity index (χ3v) is 2.82. The lowest BCUT2D eigenvalue weighted by molar-refractivity contribution is 0.0870. The van der Waals surface area contributed by atoms with Crippen LogP contribution in [0.1, 0.15) is 4.79 Å². The minimum atomic E-state index is -0.0996. The van der Waals surface area contributed by atoms with Crippen LogP contribution in [0.3, 0.4) is 0 Å². The molecule has 2 aromatic rings. The summed E-state index contributed by atoms with van der Waals surface area (Å²) in [5.74, 6) is -0.0996. The Morgan fingerprint density at radius 1 is 1.20 bits per heavy atom. The zero-order chi connectivity index (χ0) is 10.8. The SMILES string of the molecule is O=C(Cn1cc(I)cn1)n1cc(I)cn1. The van der Waals surface area contributed by atoms with Gasteiger partial charge in [-0.05, 0) is 45.2 Å². The van der Waals surface area contributed by atoms with Crippen molar-refractivity contribution in [2.75, 3.05) is 0 Å². The number of carbonyl (C=O) groups excluding carboxylic acids is 1. The van der Waals surface area contributed by atoms with Gasteiger partial charge in [0.15, 0.2) is 0 Å². The largest absolute Gasteiger partial charge is 0.270 e. The van der Waals surface area contributed by atoms with Gasteiger partial charge in [0.05, 0.1) is 19.5 Å². The van der Waals surface area contributed by atoms with Gasteiger partial charge in [0, 0.05) is 12.4 Å². The highest BCUT2D eigenvalue weighted by Crippen LogP contribution is 2.03. The summed E-state index contributed by atoms with van der Waals surface area (Å²) in [4.78, 5) is 11.7.